The highest BCUT2D eigenvalue weighted by atomic mass is 19.1. The van der Waals surface area contributed by atoms with Crippen molar-refractivity contribution in [1.82, 2.24) is 20.4 Å². The van der Waals surface area contributed by atoms with E-state index in [1.807, 2.05) is 6.92 Å². The molecule has 0 aliphatic heterocycles. The molecule has 0 saturated heterocycles. The van der Waals surface area contributed by atoms with Crippen molar-refractivity contribution in [2.45, 2.75) is 25.9 Å². The average Bonchev–Trinajstić information content (AvgIpc) is 2.99. The van der Waals surface area contributed by atoms with E-state index in [1.165, 1.54) is 6.20 Å². The largest absolute Gasteiger partial charge is 0.318 e. The predicted molar refractivity (Wildman–Crippen MR) is 66.6 cm³/mol. The number of amides is 1. The molecule has 0 radical (unpaired) electrons. The Morgan fingerprint density at radius 2 is 2.37 bits per heavy atom. The topological polar surface area (TPSA) is 86.5 Å². The predicted octanol–water partition coefficient (Wildman–Crippen LogP) is 1.46. The Kier molecular flexibility index (Phi) is 2.81. The van der Waals surface area contributed by atoms with E-state index in [1.54, 1.807) is 6.20 Å². The van der Waals surface area contributed by atoms with E-state index in [9.17, 15) is 9.18 Å². The number of nitrogens with zero attached hydrogens (tertiary/aromatic N) is 2. The van der Waals surface area contributed by atoms with E-state index >= 15 is 0 Å². The van der Waals surface area contributed by atoms with Gasteiger partial charge in [-0.3, -0.25) is 15.0 Å². The number of anilines is 1. The molecule has 3 N–H and O–H groups in total. The molecule has 0 saturated carbocycles. The second-order valence-electron chi connectivity index (χ2n) is 4.87. The quantitative estimate of drug-likeness (QED) is 0.766. The van der Waals surface area contributed by atoms with Crippen LogP contribution in [0.4, 0.5) is 10.1 Å². The third-order valence-electron chi connectivity index (χ3n) is 3.47. The van der Waals surface area contributed by atoms with Crippen LogP contribution in [-0.2, 0) is 12.8 Å². The number of halogens is 1. The van der Waals surface area contributed by atoms with E-state index in [4.69, 9.17) is 0 Å². The molecule has 0 bridgehead atoms. The van der Waals surface area contributed by atoms with Crippen LogP contribution < -0.4 is 5.32 Å². The zero-order valence-electron chi connectivity index (χ0n) is 10.4. The van der Waals surface area contributed by atoms with Crippen LogP contribution in [0.25, 0.3) is 0 Å². The smallest absolute Gasteiger partial charge is 0.276 e. The van der Waals surface area contributed by atoms with E-state index in [0.29, 0.717) is 17.7 Å². The molecule has 0 fully saturated rings. The number of carbonyl (C=O) groups is 1. The number of hydrogen-bond acceptors (Lipinski definition) is 3. The molecule has 3 rings (SSSR count). The first kappa shape index (κ1) is 11.9. The fraction of sp³-hybridized carbons (Fsp3) is 0.417. The molecule has 2 unspecified atom stereocenters. The molecule has 1 aliphatic rings. The highest BCUT2D eigenvalue weighted by Gasteiger charge is 2.30. The first-order chi connectivity index (χ1) is 9.15. The van der Waals surface area contributed by atoms with Crippen LogP contribution in [0.15, 0.2) is 12.4 Å². The number of aromatic nitrogens is 4. The fourth-order valence-corrected chi connectivity index (χ4v) is 2.33. The number of alkyl halides is 1. The summed E-state index contributed by atoms with van der Waals surface area (Å²) in [5, 5.41) is 15.9. The lowest BCUT2D eigenvalue weighted by atomic mass is 9.86. The maximum Gasteiger partial charge on any atom is 0.276 e. The monoisotopic (exact) mass is 263 g/mol. The van der Waals surface area contributed by atoms with Crippen LogP contribution in [0.5, 0.6) is 0 Å². The number of nitrogens with one attached hydrogen (secondary N) is 3. The number of H-pyrrole nitrogens is 2. The molecule has 0 spiro atoms. The van der Waals surface area contributed by atoms with Crippen LogP contribution >= 0.6 is 0 Å². The molecule has 6 nitrogen and oxygen atoms in total. The van der Waals surface area contributed by atoms with Gasteiger partial charge in [-0.05, 0) is 12.3 Å². The van der Waals surface area contributed by atoms with Gasteiger partial charge in [-0.1, -0.05) is 6.92 Å². The van der Waals surface area contributed by atoms with Crippen molar-refractivity contribution in [2.24, 2.45) is 5.92 Å². The van der Waals surface area contributed by atoms with Crippen molar-refractivity contribution in [2.75, 3.05) is 5.32 Å². The van der Waals surface area contributed by atoms with Gasteiger partial charge in [0.25, 0.3) is 5.91 Å². The summed E-state index contributed by atoms with van der Waals surface area (Å²) < 4.78 is 13.8. The molecule has 19 heavy (non-hydrogen) atoms. The SMILES string of the molecule is CC1Cc2[nH]nc(C(=O)Nc3cn[nH]c3)c2CC1F. The molecule has 2 atom stereocenters. The lowest BCUT2D eigenvalue weighted by molar-refractivity contribution is 0.102. The van der Waals surface area contributed by atoms with Crippen molar-refractivity contribution in [3.8, 4) is 0 Å². The molecule has 2 aromatic heterocycles. The minimum atomic E-state index is -0.925. The van der Waals surface area contributed by atoms with Gasteiger partial charge in [-0.15, -0.1) is 0 Å². The molecule has 1 aliphatic carbocycles. The van der Waals surface area contributed by atoms with Gasteiger partial charge in [-0.2, -0.15) is 10.2 Å². The average molecular weight is 263 g/mol. The minimum Gasteiger partial charge on any atom is -0.318 e. The number of aromatic amines is 2. The van der Waals surface area contributed by atoms with Crippen LogP contribution in [-0.4, -0.2) is 32.5 Å². The Bertz CT molecular complexity index is 591. The van der Waals surface area contributed by atoms with Gasteiger partial charge >= 0.3 is 0 Å². The van der Waals surface area contributed by atoms with Crippen LogP contribution in [0.1, 0.15) is 28.7 Å². The fourth-order valence-electron chi connectivity index (χ4n) is 2.33. The Hall–Kier alpha value is -2.18. The van der Waals surface area contributed by atoms with Crippen LogP contribution in [0.2, 0.25) is 0 Å². The Balaban J connectivity index is 1.84. The number of carbonyl (C=O) groups excluding carboxylic acids is 1. The van der Waals surface area contributed by atoms with Crippen LogP contribution in [0.3, 0.4) is 0 Å². The molecule has 0 aromatic carbocycles. The zero-order valence-corrected chi connectivity index (χ0v) is 10.4. The molecule has 2 heterocycles. The third kappa shape index (κ3) is 2.11. The number of hydrogen-bond donors (Lipinski definition) is 3. The summed E-state index contributed by atoms with van der Waals surface area (Å²) in [6.45, 7) is 1.86. The summed E-state index contributed by atoms with van der Waals surface area (Å²) in [6.07, 6.45) is 2.96. The van der Waals surface area contributed by atoms with Gasteiger partial charge < -0.3 is 5.32 Å². The van der Waals surface area contributed by atoms with Gasteiger partial charge in [-0.25, -0.2) is 4.39 Å². The maximum atomic E-state index is 13.8. The second-order valence-corrected chi connectivity index (χ2v) is 4.87. The van der Waals surface area contributed by atoms with Gasteiger partial charge in [0, 0.05) is 23.9 Å². The number of fused-ring (bicyclic) bond motifs is 1. The highest BCUT2D eigenvalue weighted by Crippen LogP contribution is 2.28. The van der Waals surface area contributed by atoms with Crippen molar-refractivity contribution in [3.63, 3.8) is 0 Å². The standard InChI is InChI=1S/C12H14FN5O/c1-6-2-10-8(3-9(6)13)11(18-17-10)12(19)16-7-4-14-15-5-7/h4-6,9H,2-3H2,1H3,(H,14,15)(H,16,19)(H,17,18). The Morgan fingerprint density at radius 3 is 3.11 bits per heavy atom. The van der Waals surface area contributed by atoms with Crippen LogP contribution in [0, 0.1) is 5.92 Å². The summed E-state index contributed by atoms with van der Waals surface area (Å²) in [7, 11) is 0. The summed E-state index contributed by atoms with van der Waals surface area (Å²) in [5.74, 6) is -0.390. The highest BCUT2D eigenvalue weighted by molar-refractivity contribution is 6.03. The van der Waals surface area contributed by atoms with Crippen molar-refractivity contribution in [3.05, 3.63) is 29.3 Å². The van der Waals surface area contributed by atoms with Crippen molar-refractivity contribution in [1.29, 1.82) is 0 Å². The van der Waals surface area contributed by atoms with Gasteiger partial charge in [0.1, 0.15) is 6.17 Å². The molecule has 1 amide bonds. The molecular formula is C12H14FN5O. The molecule has 2 aromatic rings. The van der Waals surface area contributed by atoms with Crippen molar-refractivity contribution < 1.29 is 9.18 Å². The maximum absolute atomic E-state index is 13.8. The summed E-state index contributed by atoms with van der Waals surface area (Å²) in [5.41, 5.74) is 2.37. The zero-order chi connectivity index (χ0) is 13.4. The van der Waals surface area contributed by atoms with Gasteiger partial charge in [0.2, 0.25) is 0 Å². The summed E-state index contributed by atoms with van der Waals surface area (Å²) in [4.78, 5) is 12.1. The molecular weight excluding hydrogens is 249 g/mol. The summed E-state index contributed by atoms with van der Waals surface area (Å²) in [6, 6.07) is 0. The lowest BCUT2D eigenvalue weighted by Crippen LogP contribution is -2.25. The van der Waals surface area contributed by atoms with Gasteiger partial charge in [0.05, 0.1) is 11.9 Å². The van der Waals surface area contributed by atoms with Crippen molar-refractivity contribution >= 4 is 11.6 Å². The van der Waals surface area contributed by atoms with Gasteiger partial charge in [0.15, 0.2) is 5.69 Å². The Labute approximate surface area is 108 Å². The molecule has 7 heteroatoms. The lowest BCUT2D eigenvalue weighted by Gasteiger charge is -2.22. The second kappa shape index (κ2) is 4.49. The van der Waals surface area contributed by atoms with E-state index in [2.05, 4.69) is 25.7 Å². The third-order valence-corrected chi connectivity index (χ3v) is 3.47. The Morgan fingerprint density at radius 1 is 1.53 bits per heavy atom. The van der Waals surface area contributed by atoms with E-state index < -0.39 is 6.17 Å². The first-order valence-electron chi connectivity index (χ1n) is 6.15. The minimum absolute atomic E-state index is 0.0438. The number of rotatable bonds is 2. The molecule has 100 valence electrons. The normalized spacial score (nSPS) is 22.0. The van der Waals surface area contributed by atoms with E-state index in [-0.39, 0.29) is 23.9 Å². The van der Waals surface area contributed by atoms with E-state index in [0.717, 1.165) is 5.69 Å². The summed E-state index contributed by atoms with van der Waals surface area (Å²) >= 11 is 0. The first-order valence-corrected chi connectivity index (χ1v) is 6.15.